The highest BCUT2D eigenvalue weighted by atomic mass is 32.2. The van der Waals surface area contributed by atoms with E-state index in [2.05, 4.69) is 4.98 Å². The maximum absolute atomic E-state index is 11.7. The lowest BCUT2D eigenvalue weighted by molar-refractivity contribution is -0.134. The number of pyridine rings is 1. The molecule has 3 rings (SSSR count). The number of aliphatic carboxylic acids is 4. The zero-order chi connectivity index (χ0) is 28.2. The number of nitrogens with two attached hydrogens (primary N) is 2. The topological polar surface area (TPSA) is 280 Å². The summed E-state index contributed by atoms with van der Waals surface area (Å²) in [5.41, 5.74) is 8.20. The lowest BCUT2D eigenvalue weighted by Gasteiger charge is -2.10. The number of anilines is 1. The second-order valence-electron chi connectivity index (χ2n) is 6.73. The fraction of sp³-hybridized carbons (Fsp3) is 0. The number of hydrogen-bond donors (Lipinski definition) is 6. The van der Waals surface area contributed by atoms with Crippen LogP contribution in [-0.2, 0) is 29.2 Å². The number of hydrogen-bond acceptors (Lipinski definition) is 8. The normalized spacial score (nSPS) is 10.4. The maximum atomic E-state index is 11.7. The molecule has 0 aliphatic rings. The molecule has 0 unspecified atom stereocenters. The van der Waals surface area contributed by atoms with Gasteiger partial charge < -0.3 is 31.6 Å². The highest BCUT2D eigenvalue weighted by Gasteiger charge is 2.16. The average Bonchev–Trinajstić information content (AvgIpc) is 2.81. The van der Waals surface area contributed by atoms with Crippen LogP contribution in [0.1, 0.15) is 0 Å². The van der Waals surface area contributed by atoms with E-state index in [-0.39, 0.29) is 10.4 Å². The number of aromatic nitrogens is 1. The number of nitrogen functional groups attached to an aromatic ring is 1. The van der Waals surface area contributed by atoms with Crippen molar-refractivity contribution >= 4 is 50.5 Å². The molecule has 0 fully saturated rings. The Morgan fingerprint density at radius 1 is 0.763 bits per heavy atom. The Morgan fingerprint density at radius 2 is 1.26 bits per heavy atom. The second kappa shape index (κ2) is 15.1. The molecule has 0 aliphatic carbocycles. The van der Waals surface area contributed by atoms with Gasteiger partial charge >= 0.3 is 23.9 Å². The van der Waals surface area contributed by atoms with E-state index in [1.54, 1.807) is 12.3 Å². The van der Waals surface area contributed by atoms with Gasteiger partial charge in [-0.1, -0.05) is 18.2 Å². The van der Waals surface area contributed by atoms with E-state index in [0.717, 1.165) is 10.9 Å². The molecule has 14 nitrogen and oxygen atoms in total. The third kappa shape index (κ3) is 12.0. The van der Waals surface area contributed by atoms with Crippen molar-refractivity contribution in [1.29, 1.82) is 0 Å². The Bertz CT molecular complexity index is 1420. The van der Waals surface area contributed by atoms with Gasteiger partial charge in [0.1, 0.15) is 0 Å². The highest BCUT2D eigenvalue weighted by Crippen LogP contribution is 2.30. The molecule has 15 heteroatoms. The highest BCUT2D eigenvalue weighted by molar-refractivity contribution is 7.89. The zero-order valence-corrected chi connectivity index (χ0v) is 20.1. The van der Waals surface area contributed by atoms with Crippen molar-refractivity contribution in [1.82, 2.24) is 4.98 Å². The molecular weight excluding hydrogens is 526 g/mol. The van der Waals surface area contributed by atoms with Gasteiger partial charge in [-0.15, -0.1) is 0 Å². The quantitative estimate of drug-likeness (QED) is 0.183. The fourth-order valence-electron chi connectivity index (χ4n) is 2.54. The molecule has 202 valence electrons. The van der Waals surface area contributed by atoms with Crippen molar-refractivity contribution in [3.8, 4) is 11.1 Å². The predicted molar refractivity (Wildman–Crippen MR) is 135 cm³/mol. The molecule has 0 amide bonds. The van der Waals surface area contributed by atoms with Gasteiger partial charge in [0, 0.05) is 47.1 Å². The summed E-state index contributed by atoms with van der Waals surface area (Å²) in [7, 11) is -3.83. The van der Waals surface area contributed by atoms with Gasteiger partial charge in [0.2, 0.25) is 10.0 Å². The van der Waals surface area contributed by atoms with Crippen LogP contribution < -0.4 is 10.9 Å². The van der Waals surface area contributed by atoms with Crippen LogP contribution in [0, 0.1) is 0 Å². The molecule has 0 spiro atoms. The van der Waals surface area contributed by atoms with Crippen LogP contribution in [0.5, 0.6) is 0 Å². The Hall–Kier alpha value is -5.12. The summed E-state index contributed by atoms with van der Waals surface area (Å²) in [6.45, 7) is 0. The zero-order valence-electron chi connectivity index (χ0n) is 19.3. The number of sulfonamides is 1. The van der Waals surface area contributed by atoms with Crippen LogP contribution in [0.3, 0.4) is 0 Å². The molecule has 0 saturated carbocycles. The Labute approximate surface area is 215 Å². The summed E-state index contributed by atoms with van der Waals surface area (Å²) < 4.78 is 23.4. The summed E-state index contributed by atoms with van der Waals surface area (Å²) in [5, 5.41) is 37.5. The van der Waals surface area contributed by atoms with Gasteiger partial charge in [-0.05, 0) is 35.9 Å². The Balaban J connectivity index is 0.000000673. The fourth-order valence-corrected chi connectivity index (χ4v) is 3.28. The van der Waals surface area contributed by atoms with Crippen LogP contribution in [-0.4, -0.2) is 63.2 Å². The van der Waals surface area contributed by atoms with Crippen LogP contribution in [0.25, 0.3) is 22.0 Å². The molecular formula is C23H23N3O11S. The standard InChI is InChI=1S/C15H13N3O2S.2C4H4O4.H2O/c16-12-5-6-15(21(17,19)20)13(9-12)11-4-3-10-2-1-7-18-14(10)8-11;2*5-3(6)1-2-4(7)8;/h1-9H,16H2,(H2,17,19,20);2*1-2H,(H,5,6)(H,7,8);1H2/b;2*2-1+;. The number of rotatable bonds is 6. The minimum absolute atomic E-state index is 0. The average molecular weight is 550 g/mol. The van der Waals surface area contributed by atoms with Gasteiger partial charge in [0.25, 0.3) is 0 Å². The minimum atomic E-state index is -3.83. The molecule has 38 heavy (non-hydrogen) atoms. The third-order valence-corrected chi connectivity index (χ3v) is 4.93. The van der Waals surface area contributed by atoms with Crippen molar-refractivity contribution in [3.63, 3.8) is 0 Å². The lowest BCUT2D eigenvalue weighted by Crippen LogP contribution is -2.13. The van der Waals surface area contributed by atoms with Crippen molar-refractivity contribution in [2.75, 3.05) is 5.73 Å². The lowest BCUT2D eigenvalue weighted by atomic mass is 10.0. The monoisotopic (exact) mass is 549 g/mol. The summed E-state index contributed by atoms with van der Waals surface area (Å²) in [6, 6.07) is 13.8. The van der Waals surface area contributed by atoms with Gasteiger partial charge in [-0.25, -0.2) is 32.7 Å². The first-order valence-corrected chi connectivity index (χ1v) is 11.3. The number of nitrogens with zero attached hydrogens (tertiary/aromatic N) is 1. The van der Waals surface area contributed by atoms with Gasteiger partial charge in [-0.3, -0.25) is 4.98 Å². The molecule has 0 aliphatic heterocycles. The predicted octanol–water partition coefficient (Wildman–Crippen LogP) is 0.730. The molecule has 0 radical (unpaired) electrons. The van der Waals surface area contributed by atoms with E-state index < -0.39 is 33.9 Å². The minimum Gasteiger partial charge on any atom is -0.478 e. The number of carboxylic acid groups (broad SMARTS) is 4. The number of primary sulfonamides is 1. The number of carbonyl (C=O) groups is 4. The second-order valence-corrected chi connectivity index (χ2v) is 8.26. The molecule has 0 saturated heterocycles. The number of carboxylic acids is 4. The van der Waals surface area contributed by atoms with Crippen molar-refractivity contribution in [2.24, 2.45) is 5.14 Å². The van der Waals surface area contributed by atoms with E-state index >= 15 is 0 Å². The van der Waals surface area contributed by atoms with Crippen molar-refractivity contribution in [2.45, 2.75) is 4.90 Å². The van der Waals surface area contributed by atoms with Gasteiger partial charge in [0.05, 0.1) is 10.4 Å². The number of benzene rings is 2. The smallest absolute Gasteiger partial charge is 0.328 e. The first-order chi connectivity index (χ1) is 17.2. The number of fused-ring (bicyclic) bond motifs is 1. The van der Waals surface area contributed by atoms with E-state index in [1.165, 1.54) is 12.1 Å². The van der Waals surface area contributed by atoms with Gasteiger partial charge in [0.15, 0.2) is 0 Å². The Morgan fingerprint density at radius 3 is 1.71 bits per heavy atom. The van der Waals surface area contributed by atoms with E-state index in [1.807, 2.05) is 30.3 Å². The Kier molecular flexibility index (Phi) is 13.1. The SMILES string of the molecule is Nc1ccc(S(N)(=O)=O)c(-c2ccc3cccnc3c2)c1.O.O=C(O)/C=C/C(=O)O.O=C(O)/C=C/C(=O)O. The van der Waals surface area contributed by atoms with Crippen LogP contribution in [0.4, 0.5) is 5.69 Å². The van der Waals surface area contributed by atoms with E-state index in [0.29, 0.717) is 41.1 Å². The van der Waals surface area contributed by atoms with Crippen molar-refractivity contribution in [3.05, 3.63) is 79.0 Å². The van der Waals surface area contributed by atoms with Crippen LogP contribution in [0.15, 0.2) is 83.9 Å². The first-order valence-electron chi connectivity index (χ1n) is 9.76. The summed E-state index contributed by atoms with van der Waals surface area (Å²) in [6.07, 6.45) is 3.92. The molecule has 0 bridgehead atoms. The largest absolute Gasteiger partial charge is 0.478 e. The summed E-state index contributed by atoms with van der Waals surface area (Å²) >= 11 is 0. The van der Waals surface area contributed by atoms with E-state index in [9.17, 15) is 27.6 Å². The molecule has 10 N–H and O–H groups in total. The summed E-state index contributed by atoms with van der Waals surface area (Å²) in [5.74, 6) is -5.03. The molecule has 0 atom stereocenters. The molecule has 2 aromatic carbocycles. The molecule has 3 aromatic rings. The van der Waals surface area contributed by atoms with Crippen LogP contribution in [0.2, 0.25) is 0 Å². The first kappa shape index (κ1) is 32.9. The van der Waals surface area contributed by atoms with Crippen LogP contribution >= 0.6 is 0 Å². The molecule has 1 heterocycles. The van der Waals surface area contributed by atoms with Gasteiger partial charge in [-0.2, -0.15) is 0 Å². The maximum Gasteiger partial charge on any atom is 0.328 e. The van der Waals surface area contributed by atoms with Crippen molar-refractivity contribution < 1.29 is 53.5 Å². The third-order valence-electron chi connectivity index (χ3n) is 3.96. The van der Waals surface area contributed by atoms with E-state index in [4.69, 9.17) is 31.3 Å². The molecule has 1 aromatic heterocycles. The summed E-state index contributed by atoms with van der Waals surface area (Å²) in [4.78, 5) is 42.5.